The average Bonchev–Trinajstić information content (AvgIpc) is 2.25. The van der Waals surface area contributed by atoms with Crippen LogP contribution in [0.3, 0.4) is 0 Å². The number of hydrogen-bond acceptors (Lipinski definition) is 4. The molecule has 14 heavy (non-hydrogen) atoms. The van der Waals surface area contributed by atoms with Crippen LogP contribution in [0.1, 0.15) is 19.3 Å². The maximum absolute atomic E-state index is 11.4. The van der Waals surface area contributed by atoms with Gasteiger partial charge in [0, 0.05) is 19.3 Å². The third-order valence-electron chi connectivity index (χ3n) is 1.92. The molecule has 78 valence electrons. The maximum Gasteiger partial charge on any atom is 0.117 e. The SMILES string of the molecule is [O-]N(CCCCCO)c1ccccn1. The van der Waals surface area contributed by atoms with E-state index in [0.717, 1.165) is 24.3 Å². The third-order valence-corrected chi connectivity index (χ3v) is 1.92. The lowest BCUT2D eigenvalue weighted by Crippen LogP contribution is -2.17. The Morgan fingerprint density at radius 3 is 2.79 bits per heavy atom. The van der Waals surface area contributed by atoms with E-state index < -0.39 is 0 Å². The summed E-state index contributed by atoms with van der Waals surface area (Å²) in [7, 11) is 0. The lowest BCUT2D eigenvalue weighted by Gasteiger charge is -2.29. The van der Waals surface area contributed by atoms with Gasteiger partial charge in [0.25, 0.3) is 0 Å². The van der Waals surface area contributed by atoms with E-state index in [0.29, 0.717) is 12.4 Å². The van der Waals surface area contributed by atoms with Gasteiger partial charge in [-0.2, -0.15) is 0 Å². The number of aliphatic hydroxyl groups excluding tert-OH is 1. The standard InChI is InChI=1S/C10H15N2O2/c13-9-5-1-4-8-12(14)10-6-2-3-7-11-10/h2-3,6-7,13H,1,4-5,8-9H2/q-1. The second kappa shape index (κ2) is 6.34. The van der Waals surface area contributed by atoms with Gasteiger partial charge in [-0.05, 0) is 31.4 Å². The molecule has 0 saturated heterocycles. The van der Waals surface area contributed by atoms with Crippen molar-refractivity contribution in [1.29, 1.82) is 0 Å². The first-order valence-electron chi connectivity index (χ1n) is 4.81. The van der Waals surface area contributed by atoms with Crippen LogP contribution in [0.15, 0.2) is 24.4 Å². The van der Waals surface area contributed by atoms with Crippen LogP contribution in [0, 0.1) is 5.21 Å². The average molecular weight is 195 g/mol. The Labute approximate surface area is 83.8 Å². The molecule has 0 spiro atoms. The molecular weight excluding hydrogens is 180 g/mol. The summed E-state index contributed by atoms with van der Waals surface area (Å²) in [5, 5.41) is 20.8. The number of aliphatic hydroxyl groups is 1. The number of hydroxylamine groups is 1. The van der Waals surface area contributed by atoms with Crippen molar-refractivity contribution < 1.29 is 5.11 Å². The Kier molecular flexibility index (Phi) is 4.96. The normalized spacial score (nSPS) is 10.1. The number of nitrogens with zero attached hydrogens (tertiary/aromatic N) is 2. The highest BCUT2D eigenvalue weighted by Gasteiger charge is 1.94. The molecule has 0 aliphatic heterocycles. The molecule has 0 aromatic carbocycles. The molecule has 4 nitrogen and oxygen atoms in total. The molecule has 0 unspecified atom stereocenters. The fourth-order valence-corrected chi connectivity index (χ4v) is 1.16. The molecule has 0 aliphatic rings. The van der Waals surface area contributed by atoms with Crippen molar-refractivity contribution in [2.75, 3.05) is 18.2 Å². The molecule has 0 fully saturated rings. The monoisotopic (exact) mass is 195 g/mol. The zero-order chi connectivity index (χ0) is 10.2. The molecule has 0 amide bonds. The number of hydrogen-bond donors (Lipinski definition) is 1. The zero-order valence-corrected chi connectivity index (χ0v) is 8.09. The molecule has 0 radical (unpaired) electrons. The van der Waals surface area contributed by atoms with E-state index in [-0.39, 0.29) is 6.61 Å². The summed E-state index contributed by atoms with van der Waals surface area (Å²) in [5.74, 6) is 0.455. The molecule has 4 heteroatoms. The Bertz CT molecular complexity index is 241. The van der Waals surface area contributed by atoms with Crippen molar-refractivity contribution >= 4 is 5.82 Å². The first kappa shape index (κ1) is 10.9. The van der Waals surface area contributed by atoms with Crippen molar-refractivity contribution in [2.24, 2.45) is 0 Å². The van der Waals surface area contributed by atoms with Crippen LogP contribution in [0.2, 0.25) is 0 Å². The van der Waals surface area contributed by atoms with Gasteiger partial charge in [-0.15, -0.1) is 0 Å². The summed E-state index contributed by atoms with van der Waals surface area (Å²) < 4.78 is 0. The van der Waals surface area contributed by atoms with Crippen LogP contribution >= 0.6 is 0 Å². The van der Waals surface area contributed by atoms with Crippen molar-refractivity contribution in [1.82, 2.24) is 4.98 Å². The Morgan fingerprint density at radius 2 is 2.14 bits per heavy atom. The minimum Gasteiger partial charge on any atom is -0.757 e. The van der Waals surface area contributed by atoms with Crippen LogP contribution < -0.4 is 5.06 Å². The van der Waals surface area contributed by atoms with E-state index in [1.807, 2.05) is 0 Å². The predicted molar refractivity (Wildman–Crippen MR) is 55.9 cm³/mol. The van der Waals surface area contributed by atoms with E-state index >= 15 is 0 Å². The fraction of sp³-hybridized carbons (Fsp3) is 0.500. The van der Waals surface area contributed by atoms with Crippen molar-refractivity contribution in [2.45, 2.75) is 19.3 Å². The summed E-state index contributed by atoms with van der Waals surface area (Å²) in [5.41, 5.74) is 0. The molecule has 1 aromatic rings. The summed E-state index contributed by atoms with van der Waals surface area (Å²) in [6, 6.07) is 5.27. The number of pyridine rings is 1. The van der Waals surface area contributed by atoms with E-state index in [4.69, 9.17) is 5.11 Å². The Hall–Kier alpha value is -1.13. The molecule has 1 N–H and O–H groups in total. The molecule has 0 aliphatic carbocycles. The van der Waals surface area contributed by atoms with Gasteiger partial charge in [0.15, 0.2) is 0 Å². The number of aromatic nitrogens is 1. The van der Waals surface area contributed by atoms with Gasteiger partial charge < -0.3 is 15.4 Å². The summed E-state index contributed by atoms with van der Waals surface area (Å²) in [6.07, 6.45) is 4.03. The summed E-state index contributed by atoms with van der Waals surface area (Å²) in [6.45, 7) is 0.638. The number of rotatable bonds is 6. The zero-order valence-electron chi connectivity index (χ0n) is 8.09. The maximum atomic E-state index is 11.4. The molecule has 1 rings (SSSR count). The van der Waals surface area contributed by atoms with Crippen molar-refractivity contribution in [3.63, 3.8) is 0 Å². The van der Waals surface area contributed by atoms with E-state index in [2.05, 4.69) is 4.98 Å². The highest BCUT2D eigenvalue weighted by Crippen LogP contribution is 2.08. The molecule has 1 heterocycles. The van der Waals surface area contributed by atoms with Crippen LogP contribution in [0.4, 0.5) is 5.82 Å². The summed E-state index contributed by atoms with van der Waals surface area (Å²) >= 11 is 0. The first-order chi connectivity index (χ1) is 6.84. The van der Waals surface area contributed by atoms with Gasteiger partial charge in [-0.3, -0.25) is 0 Å². The molecule has 0 saturated carbocycles. The van der Waals surface area contributed by atoms with Crippen molar-refractivity contribution in [3.05, 3.63) is 29.6 Å². The van der Waals surface area contributed by atoms with Gasteiger partial charge >= 0.3 is 0 Å². The van der Waals surface area contributed by atoms with E-state index in [9.17, 15) is 5.21 Å². The lowest BCUT2D eigenvalue weighted by molar-refractivity contribution is 0.283. The minimum atomic E-state index is 0.197. The number of anilines is 1. The van der Waals surface area contributed by atoms with Gasteiger partial charge in [0.05, 0.1) is 0 Å². The third kappa shape index (κ3) is 3.72. The van der Waals surface area contributed by atoms with E-state index in [1.54, 1.807) is 24.4 Å². The van der Waals surface area contributed by atoms with Gasteiger partial charge in [-0.1, -0.05) is 6.07 Å². The summed E-state index contributed by atoms with van der Waals surface area (Å²) in [4.78, 5) is 3.94. The molecule has 1 aromatic heterocycles. The Morgan fingerprint density at radius 1 is 1.29 bits per heavy atom. The van der Waals surface area contributed by atoms with Crippen LogP contribution in [-0.4, -0.2) is 23.2 Å². The van der Waals surface area contributed by atoms with E-state index in [1.165, 1.54) is 0 Å². The number of unbranched alkanes of at least 4 members (excludes halogenated alkanes) is 2. The van der Waals surface area contributed by atoms with Gasteiger partial charge in [0.1, 0.15) is 5.82 Å². The van der Waals surface area contributed by atoms with Crippen LogP contribution in [0.5, 0.6) is 0 Å². The largest absolute Gasteiger partial charge is 0.757 e. The smallest absolute Gasteiger partial charge is 0.117 e. The molecule has 0 bridgehead atoms. The minimum absolute atomic E-state index is 0.197. The lowest BCUT2D eigenvalue weighted by atomic mass is 10.2. The van der Waals surface area contributed by atoms with Crippen molar-refractivity contribution in [3.8, 4) is 0 Å². The second-order valence-corrected chi connectivity index (χ2v) is 3.07. The topological polar surface area (TPSA) is 59.4 Å². The molecule has 0 atom stereocenters. The van der Waals surface area contributed by atoms with Gasteiger partial charge in [0.2, 0.25) is 0 Å². The quantitative estimate of drug-likeness (QED) is 0.552. The first-order valence-corrected chi connectivity index (χ1v) is 4.81. The molecular formula is C10H15N2O2-. The second-order valence-electron chi connectivity index (χ2n) is 3.07. The highest BCUT2D eigenvalue weighted by atomic mass is 16.5. The van der Waals surface area contributed by atoms with Crippen LogP contribution in [0.25, 0.3) is 0 Å². The van der Waals surface area contributed by atoms with Crippen LogP contribution in [-0.2, 0) is 0 Å². The highest BCUT2D eigenvalue weighted by molar-refractivity contribution is 5.38. The Balaban J connectivity index is 2.25. The van der Waals surface area contributed by atoms with Gasteiger partial charge in [-0.25, -0.2) is 4.98 Å². The fourth-order valence-electron chi connectivity index (χ4n) is 1.16. The predicted octanol–water partition coefficient (Wildman–Crippen LogP) is 1.55.